The van der Waals surface area contributed by atoms with Gasteiger partial charge >= 0.3 is 5.97 Å². The molecule has 144 valence electrons. The zero-order chi connectivity index (χ0) is 18.7. The first-order valence-corrected chi connectivity index (χ1v) is 10.6. The Kier molecular flexibility index (Phi) is 4.36. The summed E-state index contributed by atoms with van der Waals surface area (Å²) in [4.78, 5) is 23.6. The lowest BCUT2D eigenvalue weighted by Crippen LogP contribution is -2.51. The number of ether oxygens (including phenoxy) is 1. The lowest BCUT2D eigenvalue weighted by Gasteiger charge is -2.58. The predicted molar refractivity (Wildman–Crippen MR) is 101 cm³/mol. The third kappa shape index (κ3) is 2.60. The Morgan fingerprint density at radius 1 is 1.04 bits per heavy atom. The van der Waals surface area contributed by atoms with Gasteiger partial charge in [0, 0.05) is 19.3 Å². The highest BCUT2D eigenvalue weighted by molar-refractivity contribution is 5.79. The first-order valence-electron chi connectivity index (χ1n) is 10.6. The fourth-order valence-corrected chi connectivity index (χ4v) is 7.63. The molecular formula is C23H34O3. The number of carbonyl (C=O) groups is 2. The lowest BCUT2D eigenvalue weighted by atomic mass is 9.47. The van der Waals surface area contributed by atoms with Gasteiger partial charge in [-0.1, -0.05) is 25.5 Å². The van der Waals surface area contributed by atoms with Gasteiger partial charge in [-0.05, 0) is 80.5 Å². The Hall–Kier alpha value is -1.12. The van der Waals surface area contributed by atoms with Crippen molar-refractivity contribution in [1.29, 1.82) is 0 Å². The third-order valence-corrected chi connectivity index (χ3v) is 8.88. The molecule has 3 nitrogen and oxygen atoms in total. The summed E-state index contributed by atoms with van der Waals surface area (Å²) in [6.07, 6.45) is 11.6. The van der Waals surface area contributed by atoms with E-state index in [1.807, 2.05) is 0 Å². The summed E-state index contributed by atoms with van der Waals surface area (Å²) >= 11 is 0. The summed E-state index contributed by atoms with van der Waals surface area (Å²) < 4.78 is 5.53. The maximum absolute atomic E-state index is 12.2. The lowest BCUT2D eigenvalue weighted by molar-refractivity contribution is -0.149. The highest BCUT2D eigenvalue weighted by Crippen LogP contribution is 2.66. The molecule has 0 aromatic rings. The largest absolute Gasteiger partial charge is 0.462 e. The third-order valence-electron chi connectivity index (χ3n) is 8.88. The van der Waals surface area contributed by atoms with Crippen LogP contribution in [0.25, 0.3) is 0 Å². The molecule has 0 spiro atoms. The van der Waals surface area contributed by atoms with Crippen molar-refractivity contribution in [3.63, 3.8) is 0 Å². The SMILES string of the molecule is CC(=O)O[C@@H]1CC[C@@]2(C)C(=CC[C@@H]3[C@H]4CC[C@H](C(C)=O)[C@@]4(C)CC[C@@H]32)C1. The molecule has 0 unspecified atom stereocenters. The van der Waals surface area contributed by atoms with Crippen molar-refractivity contribution in [2.75, 3.05) is 0 Å². The second-order valence-corrected chi connectivity index (χ2v) is 10.0. The standard InChI is InChI=1S/C23H34O3/c1-14(24)19-7-8-20-18-6-5-16-13-17(26-15(2)25)9-11-22(16,3)21(18)10-12-23(19,20)4/h5,17-21H,6-13H2,1-4H3/t17-,18-,19-,20-,21+,22+,23-/m1/s1. The Morgan fingerprint density at radius 2 is 1.81 bits per heavy atom. The van der Waals surface area contributed by atoms with Crippen LogP contribution in [0, 0.1) is 34.5 Å². The van der Waals surface area contributed by atoms with Crippen LogP contribution in [0.4, 0.5) is 0 Å². The van der Waals surface area contributed by atoms with E-state index in [4.69, 9.17) is 4.74 Å². The molecular weight excluding hydrogens is 324 g/mol. The van der Waals surface area contributed by atoms with E-state index < -0.39 is 0 Å². The number of fused-ring (bicyclic) bond motifs is 5. The Balaban J connectivity index is 1.59. The Morgan fingerprint density at radius 3 is 2.50 bits per heavy atom. The van der Waals surface area contributed by atoms with Gasteiger partial charge in [-0.15, -0.1) is 0 Å². The quantitative estimate of drug-likeness (QED) is 0.510. The van der Waals surface area contributed by atoms with Crippen molar-refractivity contribution >= 4 is 11.8 Å². The molecule has 4 aliphatic carbocycles. The molecule has 0 amide bonds. The molecule has 0 saturated heterocycles. The molecule has 26 heavy (non-hydrogen) atoms. The first-order chi connectivity index (χ1) is 12.3. The molecule has 3 fully saturated rings. The van der Waals surface area contributed by atoms with E-state index in [-0.39, 0.29) is 28.8 Å². The topological polar surface area (TPSA) is 43.4 Å². The summed E-state index contributed by atoms with van der Waals surface area (Å²) in [5.41, 5.74) is 2.04. The predicted octanol–water partition coefficient (Wildman–Crippen LogP) is 5.09. The van der Waals surface area contributed by atoms with Gasteiger partial charge in [-0.25, -0.2) is 0 Å². The van der Waals surface area contributed by atoms with Crippen LogP contribution in [0.5, 0.6) is 0 Å². The van der Waals surface area contributed by atoms with Gasteiger partial charge in [0.05, 0.1) is 0 Å². The number of rotatable bonds is 2. The summed E-state index contributed by atoms with van der Waals surface area (Å²) in [6.45, 7) is 8.21. The normalized spacial score (nSPS) is 47.2. The fraction of sp³-hybridized carbons (Fsp3) is 0.826. The minimum absolute atomic E-state index is 0.0748. The van der Waals surface area contributed by atoms with E-state index in [0.717, 1.165) is 43.9 Å². The van der Waals surface area contributed by atoms with Crippen molar-refractivity contribution < 1.29 is 14.3 Å². The molecule has 3 saturated carbocycles. The van der Waals surface area contributed by atoms with E-state index >= 15 is 0 Å². The number of allylic oxidation sites excluding steroid dienone is 1. The zero-order valence-corrected chi connectivity index (χ0v) is 16.8. The smallest absolute Gasteiger partial charge is 0.302 e. The van der Waals surface area contributed by atoms with Crippen molar-refractivity contribution in [3.05, 3.63) is 11.6 Å². The molecule has 7 atom stereocenters. The molecule has 0 heterocycles. The maximum atomic E-state index is 12.2. The summed E-state index contributed by atoms with van der Waals surface area (Å²) in [6, 6.07) is 0. The van der Waals surface area contributed by atoms with Crippen LogP contribution in [0.1, 0.15) is 79.1 Å². The van der Waals surface area contributed by atoms with Crippen LogP contribution in [0.3, 0.4) is 0 Å². The number of ketones is 1. The fourth-order valence-electron chi connectivity index (χ4n) is 7.63. The van der Waals surface area contributed by atoms with E-state index in [2.05, 4.69) is 19.9 Å². The molecule has 4 rings (SSSR count). The molecule has 3 heteroatoms. The Labute approximate surface area is 157 Å². The van der Waals surface area contributed by atoms with Gasteiger partial charge in [-0.2, -0.15) is 0 Å². The number of Topliss-reactive ketones (excluding diaryl/α,β-unsaturated/α-hetero) is 1. The van der Waals surface area contributed by atoms with Crippen molar-refractivity contribution in [2.24, 2.45) is 34.5 Å². The molecule has 4 aliphatic rings. The van der Waals surface area contributed by atoms with Crippen LogP contribution in [-0.4, -0.2) is 17.9 Å². The second kappa shape index (κ2) is 6.21. The van der Waals surface area contributed by atoms with Crippen LogP contribution < -0.4 is 0 Å². The van der Waals surface area contributed by atoms with Crippen LogP contribution in [0.15, 0.2) is 11.6 Å². The van der Waals surface area contributed by atoms with Crippen LogP contribution in [0.2, 0.25) is 0 Å². The monoisotopic (exact) mass is 358 g/mol. The van der Waals surface area contributed by atoms with E-state index in [1.54, 1.807) is 12.5 Å². The van der Waals surface area contributed by atoms with Crippen LogP contribution in [-0.2, 0) is 14.3 Å². The minimum Gasteiger partial charge on any atom is -0.462 e. The van der Waals surface area contributed by atoms with Gasteiger partial charge in [0.1, 0.15) is 11.9 Å². The van der Waals surface area contributed by atoms with Gasteiger partial charge in [0.25, 0.3) is 0 Å². The minimum atomic E-state index is -0.150. The van der Waals surface area contributed by atoms with Gasteiger partial charge in [0.15, 0.2) is 0 Å². The number of carbonyl (C=O) groups excluding carboxylic acids is 2. The molecule has 0 N–H and O–H groups in total. The summed E-state index contributed by atoms with van der Waals surface area (Å²) in [5, 5.41) is 0. The number of hydrogen-bond donors (Lipinski definition) is 0. The average Bonchev–Trinajstić information content (AvgIpc) is 2.92. The van der Waals surface area contributed by atoms with E-state index in [0.29, 0.717) is 11.7 Å². The number of esters is 1. The molecule has 0 aromatic heterocycles. The van der Waals surface area contributed by atoms with Crippen molar-refractivity contribution in [2.45, 2.75) is 85.2 Å². The van der Waals surface area contributed by atoms with E-state index in [9.17, 15) is 9.59 Å². The highest BCUT2D eigenvalue weighted by Gasteiger charge is 2.59. The zero-order valence-electron chi connectivity index (χ0n) is 16.8. The van der Waals surface area contributed by atoms with Crippen LogP contribution >= 0.6 is 0 Å². The highest BCUT2D eigenvalue weighted by atomic mass is 16.5. The van der Waals surface area contributed by atoms with Gasteiger partial charge in [0.2, 0.25) is 0 Å². The van der Waals surface area contributed by atoms with Crippen molar-refractivity contribution in [3.8, 4) is 0 Å². The molecule has 0 aromatic carbocycles. The summed E-state index contributed by atoms with van der Waals surface area (Å²) in [7, 11) is 0. The summed E-state index contributed by atoms with van der Waals surface area (Å²) in [5.74, 6) is 2.72. The maximum Gasteiger partial charge on any atom is 0.302 e. The van der Waals surface area contributed by atoms with Gasteiger partial charge < -0.3 is 4.74 Å². The van der Waals surface area contributed by atoms with E-state index in [1.165, 1.54) is 26.2 Å². The Bertz CT molecular complexity index is 650. The molecule has 0 bridgehead atoms. The first kappa shape index (κ1) is 18.3. The van der Waals surface area contributed by atoms with Gasteiger partial charge in [-0.3, -0.25) is 9.59 Å². The number of hydrogen-bond acceptors (Lipinski definition) is 3. The second-order valence-electron chi connectivity index (χ2n) is 10.0. The molecule has 0 radical (unpaired) electrons. The van der Waals surface area contributed by atoms with Crippen molar-refractivity contribution in [1.82, 2.24) is 0 Å². The average molecular weight is 359 g/mol. The molecule has 0 aliphatic heterocycles.